The first kappa shape index (κ1) is 25.6. The maximum absolute atomic E-state index is 13.6. The van der Waals surface area contributed by atoms with Crippen LogP contribution in [0.15, 0.2) is 65.8 Å². The number of Topliss-reactive ketones (excluding diaryl/α,β-unsaturated/α-hetero) is 1. The van der Waals surface area contributed by atoms with E-state index in [-0.39, 0.29) is 31.3 Å². The lowest BCUT2D eigenvalue weighted by Gasteiger charge is -2.25. The minimum absolute atomic E-state index is 0.0282. The summed E-state index contributed by atoms with van der Waals surface area (Å²) in [6.07, 6.45) is 1.88. The molecule has 0 bridgehead atoms. The Morgan fingerprint density at radius 3 is 2.51 bits per heavy atom. The molecule has 1 aliphatic rings. The van der Waals surface area contributed by atoms with Gasteiger partial charge in [-0.2, -0.15) is 0 Å². The first-order valence-corrected chi connectivity index (χ1v) is 11.7. The molecule has 0 spiro atoms. The van der Waals surface area contributed by atoms with Gasteiger partial charge < -0.3 is 20.8 Å². The highest BCUT2D eigenvalue weighted by atomic mass is 19.1. The summed E-state index contributed by atoms with van der Waals surface area (Å²) in [6.45, 7) is 1.31. The van der Waals surface area contributed by atoms with Crippen LogP contribution in [0.25, 0.3) is 0 Å². The second kappa shape index (κ2) is 10.3. The molecule has 0 fully saturated rings. The highest BCUT2D eigenvalue weighted by Gasteiger charge is 2.50. The van der Waals surface area contributed by atoms with Crippen molar-refractivity contribution >= 4 is 23.6 Å². The van der Waals surface area contributed by atoms with Gasteiger partial charge in [-0.15, -0.1) is 0 Å². The van der Waals surface area contributed by atoms with Crippen molar-refractivity contribution in [3.8, 4) is 5.75 Å². The predicted octanol–water partition coefficient (Wildman–Crippen LogP) is 2.76. The zero-order valence-electron chi connectivity index (χ0n) is 20.6. The first-order chi connectivity index (χ1) is 17.7. The molecule has 4 N–H and O–H groups in total. The summed E-state index contributed by atoms with van der Waals surface area (Å²) in [6, 6.07) is 15.3. The lowest BCUT2D eigenvalue weighted by molar-refractivity contribution is -0.129. The van der Waals surface area contributed by atoms with Crippen molar-refractivity contribution in [1.82, 2.24) is 9.47 Å². The normalized spacial score (nSPS) is 17.1. The molecule has 0 saturated carbocycles. The van der Waals surface area contributed by atoms with Gasteiger partial charge >= 0.3 is 0 Å². The van der Waals surface area contributed by atoms with E-state index in [4.69, 9.17) is 16.2 Å². The Hall–Kier alpha value is -4.47. The van der Waals surface area contributed by atoms with Crippen LogP contribution in [0.1, 0.15) is 50.9 Å². The second-order valence-corrected chi connectivity index (χ2v) is 8.83. The Balaban J connectivity index is 1.74. The van der Waals surface area contributed by atoms with Gasteiger partial charge in [-0.25, -0.2) is 4.99 Å². The number of hydrogen-bond donors (Lipinski definition) is 2. The minimum atomic E-state index is -1.55. The van der Waals surface area contributed by atoms with E-state index in [1.807, 2.05) is 6.07 Å². The van der Waals surface area contributed by atoms with Crippen molar-refractivity contribution in [2.45, 2.75) is 32.0 Å². The van der Waals surface area contributed by atoms with Crippen LogP contribution in [-0.2, 0) is 23.5 Å². The van der Waals surface area contributed by atoms with Gasteiger partial charge in [0.15, 0.2) is 17.3 Å². The number of hydrogen-bond acceptors (Lipinski definition) is 6. The Bertz CT molecular complexity index is 1400. The van der Waals surface area contributed by atoms with E-state index in [9.17, 15) is 18.8 Å². The number of aryl methyl sites for hydroxylation is 1. The number of amides is 2. The number of likely N-dealkylation sites (N-methyl/N-ethyl adjacent to an activating group) is 1. The lowest BCUT2D eigenvalue weighted by atomic mass is 9.84. The van der Waals surface area contributed by atoms with Crippen molar-refractivity contribution in [1.29, 1.82) is 0 Å². The number of benzene rings is 2. The smallest absolute Gasteiger partial charge is 0.266 e. The van der Waals surface area contributed by atoms with Gasteiger partial charge in [-0.05, 0) is 47.9 Å². The molecule has 0 aliphatic carbocycles. The Morgan fingerprint density at radius 1 is 1.11 bits per heavy atom. The van der Waals surface area contributed by atoms with Gasteiger partial charge in [0.25, 0.3) is 5.91 Å². The number of carbonyl (C=O) groups excluding carboxylic acids is 3. The molecule has 0 radical (unpaired) electrons. The van der Waals surface area contributed by atoms with Crippen LogP contribution in [-0.4, -0.2) is 46.7 Å². The zero-order chi connectivity index (χ0) is 26.7. The van der Waals surface area contributed by atoms with Crippen LogP contribution in [0.5, 0.6) is 5.75 Å². The number of guanidine groups is 1. The Kier molecular flexibility index (Phi) is 7.10. The molecule has 2 aromatic carbocycles. The van der Waals surface area contributed by atoms with Gasteiger partial charge in [0, 0.05) is 37.8 Å². The van der Waals surface area contributed by atoms with Crippen molar-refractivity contribution in [3.05, 3.63) is 88.7 Å². The molecular formula is C27H28FN5O4. The number of alkyl halides is 1. The number of primary amides is 1. The van der Waals surface area contributed by atoms with Gasteiger partial charge in [0.2, 0.25) is 5.91 Å². The number of rotatable bonds is 10. The fourth-order valence-corrected chi connectivity index (χ4v) is 4.40. The van der Waals surface area contributed by atoms with Crippen molar-refractivity contribution < 1.29 is 23.5 Å². The number of carbonyl (C=O) groups is 3. The number of aromatic nitrogens is 1. The third kappa shape index (κ3) is 4.82. The van der Waals surface area contributed by atoms with Crippen LogP contribution < -0.4 is 16.2 Å². The van der Waals surface area contributed by atoms with Crippen LogP contribution in [0, 0.1) is 0 Å². The van der Waals surface area contributed by atoms with E-state index < -0.39 is 24.0 Å². The van der Waals surface area contributed by atoms with E-state index in [2.05, 4.69) is 4.99 Å². The molecule has 0 saturated heterocycles. The standard InChI is InChI=1S/C27H28FN5O4/c1-17(34)23-14-21(15-33(23)11-5-10-28)27(25(36)32(2)26(30)31-27)20-8-4-9-22(13-20)37-16-18-6-3-7-19(12-18)24(29)35/h3-4,6-9,12-15H,5,10-11,16H2,1-2H3,(H2,29,35)(H2,30,31). The molecule has 37 heavy (non-hydrogen) atoms. The highest BCUT2D eigenvalue weighted by molar-refractivity contribution is 6.09. The number of nitrogens with two attached hydrogens (primary N) is 2. The molecule has 9 nitrogen and oxygen atoms in total. The van der Waals surface area contributed by atoms with Gasteiger partial charge in [0.05, 0.1) is 12.4 Å². The molecule has 1 unspecified atom stereocenters. The molecule has 10 heteroatoms. The number of ether oxygens (including phenoxy) is 1. The van der Waals surface area contributed by atoms with E-state index in [1.165, 1.54) is 18.9 Å². The van der Waals surface area contributed by atoms with Gasteiger partial charge in [0.1, 0.15) is 12.4 Å². The average Bonchev–Trinajstić information content (AvgIpc) is 3.42. The van der Waals surface area contributed by atoms with Crippen LogP contribution in [0.2, 0.25) is 0 Å². The number of halogens is 1. The van der Waals surface area contributed by atoms with E-state index in [0.717, 1.165) is 5.56 Å². The molecule has 2 amide bonds. The third-order valence-electron chi connectivity index (χ3n) is 6.32. The van der Waals surface area contributed by atoms with Gasteiger partial charge in [-0.1, -0.05) is 24.3 Å². The molecular weight excluding hydrogens is 477 g/mol. The monoisotopic (exact) mass is 505 g/mol. The third-order valence-corrected chi connectivity index (χ3v) is 6.32. The van der Waals surface area contributed by atoms with Crippen LogP contribution in [0.3, 0.4) is 0 Å². The summed E-state index contributed by atoms with van der Waals surface area (Å²) in [5, 5.41) is 0. The lowest BCUT2D eigenvalue weighted by Crippen LogP contribution is -2.41. The largest absolute Gasteiger partial charge is 0.489 e. The van der Waals surface area contributed by atoms with Crippen molar-refractivity contribution in [2.75, 3.05) is 13.7 Å². The van der Waals surface area contributed by atoms with Crippen molar-refractivity contribution in [3.63, 3.8) is 0 Å². The van der Waals surface area contributed by atoms with Crippen molar-refractivity contribution in [2.24, 2.45) is 16.5 Å². The number of ketones is 1. The maximum atomic E-state index is 13.6. The molecule has 1 aliphatic heterocycles. The van der Waals surface area contributed by atoms with Crippen LogP contribution in [0.4, 0.5) is 4.39 Å². The SMILES string of the molecule is CC(=O)c1cc(C2(c3cccc(OCc4cccc(C(N)=O)c4)c3)N=C(N)N(C)C2=O)cn1CCCF. The Labute approximate surface area is 213 Å². The fraction of sp³-hybridized carbons (Fsp3) is 0.259. The summed E-state index contributed by atoms with van der Waals surface area (Å²) in [4.78, 5) is 43.3. The topological polar surface area (TPSA) is 133 Å². The summed E-state index contributed by atoms with van der Waals surface area (Å²) >= 11 is 0. The van der Waals surface area contributed by atoms with E-state index >= 15 is 0 Å². The summed E-state index contributed by atoms with van der Waals surface area (Å²) < 4.78 is 20.5. The highest BCUT2D eigenvalue weighted by Crippen LogP contribution is 2.41. The summed E-state index contributed by atoms with van der Waals surface area (Å²) in [5.74, 6) is -0.657. The zero-order valence-corrected chi connectivity index (χ0v) is 20.6. The molecule has 1 atom stereocenters. The van der Waals surface area contributed by atoms with E-state index in [1.54, 1.807) is 59.3 Å². The number of nitrogens with zero attached hydrogens (tertiary/aromatic N) is 3. The van der Waals surface area contributed by atoms with E-state index in [0.29, 0.717) is 28.1 Å². The molecule has 4 rings (SSSR count). The second-order valence-electron chi connectivity index (χ2n) is 8.83. The first-order valence-electron chi connectivity index (χ1n) is 11.7. The fourth-order valence-electron chi connectivity index (χ4n) is 4.40. The quantitative estimate of drug-likeness (QED) is 0.409. The molecule has 3 aromatic rings. The Morgan fingerprint density at radius 2 is 1.86 bits per heavy atom. The van der Waals surface area contributed by atoms with Crippen LogP contribution >= 0.6 is 0 Å². The van der Waals surface area contributed by atoms with Gasteiger partial charge in [-0.3, -0.25) is 23.7 Å². The summed E-state index contributed by atoms with van der Waals surface area (Å²) in [7, 11) is 1.53. The molecule has 192 valence electrons. The summed E-state index contributed by atoms with van der Waals surface area (Å²) in [5.41, 5.74) is 12.3. The average molecular weight is 506 g/mol. The minimum Gasteiger partial charge on any atom is -0.489 e. The molecule has 1 aromatic heterocycles. The molecule has 2 heterocycles. The number of aliphatic imine (C=N–C) groups is 1. The maximum Gasteiger partial charge on any atom is 0.266 e. The predicted molar refractivity (Wildman–Crippen MR) is 136 cm³/mol.